The van der Waals surface area contributed by atoms with Crippen molar-refractivity contribution in [3.05, 3.63) is 112 Å². The zero-order valence-corrected chi connectivity index (χ0v) is 19.4. The fourth-order valence-electron chi connectivity index (χ4n) is 3.33. The smallest absolute Gasteiger partial charge is 0.255 e. The average Bonchev–Trinajstić information content (AvgIpc) is 2.85. The molecule has 4 aromatic rings. The van der Waals surface area contributed by atoms with Gasteiger partial charge in [0.25, 0.3) is 11.8 Å². The van der Waals surface area contributed by atoms with Gasteiger partial charge in [-0.2, -0.15) is 0 Å². The number of nitrogens with two attached hydrogens (primary N) is 1. The third-order valence-electron chi connectivity index (χ3n) is 5.14. The number of rotatable bonds is 6. The third-order valence-corrected chi connectivity index (χ3v) is 5.78. The van der Waals surface area contributed by atoms with Gasteiger partial charge < -0.3 is 16.4 Å². The van der Waals surface area contributed by atoms with Crippen molar-refractivity contribution < 1.29 is 9.59 Å². The van der Waals surface area contributed by atoms with E-state index in [1.807, 2.05) is 36.4 Å². The van der Waals surface area contributed by atoms with Crippen LogP contribution < -0.4 is 16.4 Å². The van der Waals surface area contributed by atoms with Gasteiger partial charge in [-0.3, -0.25) is 14.6 Å². The summed E-state index contributed by atoms with van der Waals surface area (Å²) in [4.78, 5) is 29.7. The number of aromatic nitrogens is 1. The minimum absolute atomic E-state index is 0.163. The van der Waals surface area contributed by atoms with Gasteiger partial charge in [0.1, 0.15) is 0 Å². The first-order valence-electron chi connectivity index (χ1n) is 10.4. The van der Waals surface area contributed by atoms with Crippen LogP contribution in [-0.2, 0) is 6.54 Å². The van der Waals surface area contributed by atoms with Gasteiger partial charge in [0, 0.05) is 35.2 Å². The minimum Gasteiger partial charge on any atom is -0.398 e. The number of anilines is 2. The second kappa shape index (κ2) is 10.4. The predicted octanol–water partition coefficient (Wildman–Crippen LogP) is 5.82. The molecule has 6 nitrogen and oxygen atoms in total. The second-order valence-electron chi connectivity index (χ2n) is 7.44. The van der Waals surface area contributed by atoms with Crippen LogP contribution in [0, 0.1) is 0 Å². The van der Waals surface area contributed by atoms with Crippen LogP contribution in [0.2, 0.25) is 10.0 Å². The zero-order chi connectivity index (χ0) is 24.1. The molecule has 0 aliphatic carbocycles. The summed E-state index contributed by atoms with van der Waals surface area (Å²) in [5.41, 5.74) is 9.81. The Hall–Kier alpha value is -3.87. The minimum atomic E-state index is -0.375. The normalized spacial score (nSPS) is 10.5. The van der Waals surface area contributed by atoms with Crippen LogP contribution in [0.15, 0.2) is 85.1 Å². The topological polar surface area (TPSA) is 97.1 Å². The molecule has 0 aliphatic rings. The summed E-state index contributed by atoms with van der Waals surface area (Å²) in [5, 5.41) is 6.30. The molecule has 4 rings (SSSR count). The molecule has 3 aromatic carbocycles. The lowest BCUT2D eigenvalue weighted by molar-refractivity contribution is 0.0949. The van der Waals surface area contributed by atoms with Gasteiger partial charge in [-0.1, -0.05) is 47.5 Å². The van der Waals surface area contributed by atoms with E-state index in [1.165, 1.54) is 12.1 Å². The van der Waals surface area contributed by atoms with Crippen LogP contribution in [0.25, 0.3) is 11.3 Å². The van der Waals surface area contributed by atoms with Crippen molar-refractivity contribution in [1.82, 2.24) is 10.3 Å². The number of carbonyl (C=O) groups is 2. The van der Waals surface area contributed by atoms with Gasteiger partial charge in [0.05, 0.1) is 21.3 Å². The van der Waals surface area contributed by atoms with Crippen molar-refractivity contribution in [1.29, 1.82) is 0 Å². The molecule has 0 aliphatic heterocycles. The van der Waals surface area contributed by atoms with E-state index in [1.54, 1.807) is 36.5 Å². The average molecular weight is 491 g/mol. The van der Waals surface area contributed by atoms with E-state index in [0.717, 1.165) is 5.56 Å². The van der Waals surface area contributed by atoms with Crippen LogP contribution >= 0.6 is 23.2 Å². The van der Waals surface area contributed by atoms with Crippen molar-refractivity contribution in [3.8, 4) is 11.3 Å². The maximum atomic E-state index is 12.8. The zero-order valence-electron chi connectivity index (χ0n) is 17.9. The number of nitrogens with zero attached hydrogens (tertiary/aromatic N) is 1. The molecule has 2 amide bonds. The Labute approximate surface area is 206 Å². The summed E-state index contributed by atoms with van der Waals surface area (Å²) in [6.45, 7) is 0.263. The van der Waals surface area contributed by atoms with Crippen molar-refractivity contribution in [2.45, 2.75) is 6.54 Å². The number of nitrogen functional groups attached to an aromatic ring is 1. The Morgan fingerprint density at radius 2 is 1.65 bits per heavy atom. The maximum absolute atomic E-state index is 12.8. The number of halogens is 2. The van der Waals surface area contributed by atoms with Crippen LogP contribution in [0.5, 0.6) is 0 Å². The molecular weight excluding hydrogens is 471 g/mol. The van der Waals surface area contributed by atoms with E-state index in [9.17, 15) is 9.59 Å². The highest BCUT2D eigenvalue weighted by Crippen LogP contribution is 2.29. The van der Waals surface area contributed by atoms with Crippen molar-refractivity contribution in [3.63, 3.8) is 0 Å². The van der Waals surface area contributed by atoms with Gasteiger partial charge in [-0.25, -0.2) is 0 Å². The summed E-state index contributed by atoms with van der Waals surface area (Å²) < 4.78 is 0. The molecule has 0 fully saturated rings. The fourth-order valence-corrected chi connectivity index (χ4v) is 3.81. The molecule has 0 radical (unpaired) electrons. The lowest BCUT2D eigenvalue weighted by Crippen LogP contribution is -2.24. The number of carbonyl (C=O) groups excluding carboxylic acids is 2. The molecule has 34 heavy (non-hydrogen) atoms. The Kier molecular flexibility index (Phi) is 7.11. The number of hydrogen-bond acceptors (Lipinski definition) is 4. The van der Waals surface area contributed by atoms with E-state index in [4.69, 9.17) is 28.9 Å². The molecule has 0 spiro atoms. The summed E-state index contributed by atoms with van der Waals surface area (Å²) >= 11 is 12.6. The third kappa shape index (κ3) is 5.36. The number of nitrogens with one attached hydrogen (secondary N) is 2. The van der Waals surface area contributed by atoms with Gasteiger partial charge in [-0.05, 0) is 60.2 Å². The molecule has 0 unspecified atom stereocenters. The van der Waals surface area contributed by atoms with E-state index in [-0.39, 0.29) is 28.9 Å². The highest BCUT2D eigenvalue weighted by atomic mass is 35.5. The highest BCUT2D eigenvalue weighted by molar-refractivity contribution is 6.34. The fraction of sp³-hybridized carbons (Fsp3) is 0.0385. The van der Waals surface area contributed by atoms with Crippen LogP contribution in [0.4, 0.5) is 11.4 Å². The van der Waals surface area contributed by atoms with E-state index < -0.39 is 0 Å². The van der Waals surface area contributed by atoms with E-state index in [2.05, 4.69) is 15.6 Å². The molecular formula is C26H20Cl2N4O2. The Morgan fingerprint density at radius 3 is 2.38 bits per heavy atom. The Balaban J connectivity index is 1.46. The lowest BCUT2D eigenvalue weighted by Gasteiger charge is -2.11. The Morgan fingerprint density at radius 1 is 0.853 bits per heavy atom. The summed E-state index contributed by atoms with van der Waals surface area (Å²) in [6, 6.07) is 22.4. The monoisotopic (exact) mass is 490 g/mol. The molecule has 8 heteroatoms. The number of pyridine rings is 1. The number of hydrogen-bond donors (Lipinski definition) is 3. The van der Waals surface area contributed by atoms with Gasteiger partial charge in [0.2, 0.25) is 0 Å². The summed E-state index contributed by atoms with van der Waals surface area (Å²) in [6.07, 6.45) is 1.67. The molecule has 0 bridgehead atoms. The highest BCUT2D eigenvalue weighted by Gasteiger charge is 2.15. The molecule has 0 saturated heterocycles. The van der Waals surface area contributed by atoms with Crippen molar-refractivity contribution in [2.75, 3.05) is 11.1 Å². The molecule has 0 saturated carbocycles. The standard InChI is InChI=1S/C26H20Cl2N4O2/c27-21-11-9-18(14-20(21)24-7-3-4-12-30-24)32-25(33)16-8-10-19(22(28)13-16)26(34)31-15-17-5-1-2-6-23(17)29/h1-14H,15,29H2,(H,31,34)(H,32,33). The largest absolute Gasteiger partial charge is 0.398 e. The first kappa shape index (κ1) is 23.3. The molecule has 1 heterocycles. The van der Waals surface area contributed by atoms with E-state index in [0.29, 0.717) is 33.2 Å². The summed E-state index contributed by atoms with van der Waals surface area (Å²) in [7, 11) is 0. The van der Waals surface area contributed by atoms with Crippen LogP contribution in [-0.4, -0.2) is 16.8 Å². The van der Waals surface area contributed by atoms with Crippen molar-refractivity contribution in [2.24, 2.45) is 0 Å². The molecule has 1 aromatic heterocycles. The summed E-state index contributed by atoms with van der Waals surface area (Å²) in [5.74, 6) is -0.738. The van der Waals surface area contributed by atoms with Gasteiger partial charge >= 0.3 is 0 Å². The number of para-hydroxylation sites is 1. The SMILES string of the molecule is Nc1ccccc1CNC(=O)c1ccc(C(=O)Nc2ccc(Cl)c(-c3ccccn3)c2)cc1Cl. The van der Waals surface area contributed by atoms with E-state index >= 15 is 0 Å². The Bertz CT molecular complexity index is 1360. The van der Waals surface area contributed by atoms with Crippen LogP contribution in [0.1, 0.15) is 26.3 Å². The van der Waals surface area contributed by atoms with Crippen LogP contribution in [0.3, 0.4) is 0 Å². The number of benzene rings is 3. The van der Waals surface area contributed by atoms with Gasteiger partial charge in [-0.15, -0.1) is 0 Å². The molecule has 0 atom stereocenters. The number of amides is 2. The maximum Gasteiger partial charge on any atom is 0.255 e. The second-order valence-corrected chi connectivity index (χ2v) is 8.25. The van der Waals surface area contributed by atoms with Crippen molar-refractivity contribution >= 4 is 46.4 Å². The quantitative estimate of drug-likeness (QED) is 0.296. The molecule has 4 N–H and O–H groups in total. The predicted molar refractivity (Wildman–Crippen MR) is 136 cm³/mol. The first-order chi connectivity index (χ1) is 16.4. The lowest BCUT2D eigenvalue weighted by atomic mass is 10.1. The first-order valence-corrected chi connectivity index (χ1v) is 11.1. The molecule has 170 valence electrons. The van der Waals surface area contributed by atoms with Gasteiger partial charge in [0.15, 0.2) is 0 Å².